The van der Waals surface area contributed by atoms with Crippen LogP contribution in [-0.2, 0) is 9.59 Å². The SMILES string of the molecule is O=C(N/N=C1\C=NNC(=O)C1Cl)/C(=C\c1ccc2c(c1)OCO2)NC(=O)c1ccccc1. The monoisotopic (exact) mass is 453 g/mol. The molecule has 0 saturated heterocycles. The Kier molecular flexibility index (Phi) is 6.13. The topological polar surface area (TPSA) is 130 Å². The lowest BCUT2D eigenvalue weighted by Gasteiger charge is -2.13. The van der Waals surface area contributed by atoms with E-state index < -0.39 is 23.1 Å². The van der Waals surface area contributed by atoms with E-state index in [1.54, 1.807) is 48.5 Å². The van der Waals surface area contributed by atoms with Gasteiger partial charge in [0.15, 0.2) is 16.9 Å². The third-order valence-electron chi connectivity index (χ3n) is 4.38. The molecule has 10 nitrogen and oxygen atoms in total. The van der Waals surface area contributed by atoms with Crippen LogP contribution < -0.4 is 25.6 Å². The third-order valence-corrected chi connectivity index (χ3v) is 4.81. The Hall–Kier alpha value is -4.18. The Labute approximate surface area is 186 Å². The molecule has 3 amide bonds. The van der Waals surface area contributed by atoms with Crippen molar-refractivity contribution in [2.75, 3.05) is 6.79 Å². The summed E-state index contributed by atoms with van der Waals surface area (Å²) in [6.07, 6.45) is 2.67. The summed E-state index contributed by atoms with van der Waals surface area (Å²) in [7, 11) is 0. The number of hydrogen-bond donors (Lipinski definition) is 3. The van der Waals surface area contributed by atoms with Crippen molar-refractivity contribution in [3.63, 3.8) is 0 Å². The molecular weight excluding hydrogens is 438 g/mol. The van der Waals surface area contributed by atoms with Crippen molar-refractivity contribution in [3.8, 4) is 11.5 Å². The van der Waals surface area contributed by atoms with Crippen LogP contribution in [0.4, 0.5) is 0 Å². The van der Waals surface area contributed by atoms with Gasteiger partial charge in [0.25, 0.3) is 17.7 Å². The maximum absolute atomic E-state index is 12.8. The molecule has 2 aliphatic heterocycles. The minimum atomic E-state index is -1.12. The van der Waals surface area contributed by atoms with Crippen molar-refractivity contribution in [2.45, 2.75) is 5.38 Å². The van der Waals surface area contributed by atoms with E-state index in [4.69, 9.17) is 21.1 Å². The highest BCUT2D eigenvalue weighted by Crippen LogP contribution is 2.33. The molecular formula is C21H16ClN5O5. The largest absolute Gasteiger partial charge is 0.454 e. The summed E-state index contributed by atoms with van der Waals surface area (Å²) in [6.45, 7) is 0.104. The van der Waals surface area contributed by atoms with Gasteiger partial charge in [-0.2, -0.15) is 10.2 Å². The second kappa shape index (κ2) is 9.31. The third kappa shape index (κ3) is 4.76. The molecule has 2 heterocycles. The van der Waals surface area contributed by atoms with Gasteiger partial charge in [-0.15, -0.1) is 11.6 Å². The first-order valence-electron chi connectivity index (χ1n) is 9.34. The lowest BCUT2D eigenvalue weighted by Crippen LogP contribution is -2.41. The van der Waals surface area contributed by atoms with Crippen LogP contribution in [0.25, 0.3) is 6.08 Å². The molecule has 1 unspecified atom stereocenters. The van der Waals surface area contributed by atoms with Crippen LogP contribution in [0.15, 0.2) is 64.4 Å². The number of carbonyl (C=O) groups is 3. The highest BCUT2D eigenvalue weighted by atomic mass is 35.5. The summed E-state index contributed by atoms with van der Waals surface area (Å²) < 4.78 is 10.6. The summed E-state index contributed by atoms with van der Waals surface area (Å²) >= 11 is 5.95. The number of halogens is 1. The molecule has 11 heteroatoms. The normalized spacial score (nSPS) is 18.3. The molecule has 0 fully saturated rings. The first-order valence-corrected chi connectivity index (χ1v) is 9.77. The van der Waals surface area contributed by atoms with Crippen molar-refractivity contribution < 1.29 is 23.9 Å². The molecule has 0 spiro atoms. The van der Waals surface area contributed by atoms with Crippen molar-refractivity contribution in [3.05, 3.63) is 65.4 Å². The van der Waals surface area contributed by atoms with E-state index in [9.17, 15) is 14.4 Å². The fraction of sp³-hybridized carbons (Fsp3) is 0.0952. The van der Waals surface area contributed by atoms with Gasteiger partial charge in [0.2, 0.25) is 6.79 Å². The molecule has 0 radical (unpaired) electrons. The van der Waals surface area contributed by atoms with Crippen LogP contribution >= 0.6 is 11.6 Å². The van der Waals surface area contributed by atoms with Crippen molar-refractivity contribution in [1.82, 2.24) is 16.2 Å². The summed E-state index contributed by atoms with van der Waals surface area (Å²) in [5.74, 6) is -0.703. The van der Waals surface area contributed by atoms with E-state index in [1.165, 1.54) is 12.3 Å². The Balaban J connectivity index is 1.60. The smallest absolute Gasteiger partial charge is 0.287 e. The van der Waals surface area contributed by atoms with E-state index in [2.05, 4.69) is 26.4 Å². The molecule has 2 aliphatic rings. The van der Waals surface area contributed by atoms with Gasteiger partial charge >= 0.3 is 0 Å². The molecule has 3 N–H and O–H groups in total. The zero-order chi connectivity index (χ0) is 22.5. The number of rotatable bonds is 5. The maximum atomic E-state index is 12.8. The highest BCUT2D eigenvalue weighted by molar-refractivity contribution is 6.54. The first-order chi connectivity index (χ1) is 15.5. The van der Waals surface area contributed by atoms with E-state index in [0.717, 1.165) is 0 Å². The zero-order valence-corrected chi connectivity index (χ0v) is 17.1. The number of nitrogens with zero attached hydrogens (tertiary/aromatic N) is 2. The van der Waals surface area contributed by atoms with Crippen LogP contribution in [0, 0.1) is 0 Å². The molecule has 0 aliphatic carbocycles. The molecule has 162 valence electrons. The van der Waals surface area contributed by atoms with Gasteiger partial charge < -0.3 is 14.8 Å². The van der Waals surface area contributed by atoms with Gasteiger partial charge in [-0.3, -0.25) is 14.4 Å². The van der Waals surface area contributed by atoms with Gasteiger partial charge in [0, 0.05) is 5.56 Å². The van der Waals surface area contributed by atoms with Gasteiger partial charge in [-0.1, -0.05) is 24.3 Å². The molecule has 0 saturated carbocycles. The Bertz CT molecular complexity index is 1160. The quantitative estimate of drug-likeness (QED) is 0.357. The van der Waals surface area contributed by atoms with Crippen LogP contribution in [0.3, 0.4) is 0 Å². The summed E-state index contributed by atoms with van der Waals surface area (Å²) in [4.78, 5) is 37.0. The standard InChI is InChI=1S/C21H16ClN5O5/c22-18-15(10-23-26-21(18)30)25-27-20(29)14(24-19(28)13-4-2-1-3-5-13)8-12-6-7-16-17(9-12)32-11-31-16/h1-10,18H,11H2,(H,24,28)(H,26,30)(H,27,29)/b14-8+,25-15+. The summed E-state index contributed by atoms with van der Waals surface area (Å²) in [5, 5.41) is 8.92. The second-order valence-corrected chi connectivity index (χ2v) is 7.00. The predicted octanol–water partition coefficient (Wildman–Crippen LogP) is 1.38. The van der Waals surface area contributed by atoms with Gasteiger partial charge in [-0.25, -0.2) is 10.9 Å². The van der Waals surface area contributed by atoms with Crippen LogP contribution in [-0.4, -0.2) is 41.8 Å². The van der Waals surface area contributed by atoms with E-state index >= 15 is 0 Å². The lowest BCUT2D eigenvalue weighted by atomic mass is 10.1. The number of alkyl halides is 1. The first kappa shape index (κ1) is 21.1. The molecule has 0 bridgehead atoms. The minimum absolute atomic E-state index is 0.0422. The van der Waals surface area contributed by atoms with Gasteiger partial charge in [0.1, 0.15) is 11.4 Å². The Morgan fingerprint density at radius 3 is 2.75 bits per heavy atom. The van der Waals surface area contributed by atoms with Gasteiger partial charge in [-0.05, 0) is 35.9 Å². The predicted molar refractivity (Wildman–Crippen MR) is 116 cm³/mol. The van der Waals surface area contributed by atoms with Crippen molar-refractivity contribution in [1.29, 1.82) is 0 Å². The van der Waals surface area contributed by atoms with Crippen molar-refractivity contribution in [2.24, 2.45) is 10.2 Å². The molecule has 0 aromatic heterocycles. The fourth-order valence-electron chi connectivity index (χ4n) is 2.79. The maximum Gasteiger partial charge on any atom is 0.287 e. The number of amides is 3. The van der Waals surface area contributed by atoms with Crippen LogP contribution in [0.5, 0.6) is 11.5 Å². The number of benzene rings is 2. The minimum Gasteiger partial charge on any atom is -0.454 e. The average Bonchev–Trinajstić information content (AvgIpc) is 3.28. The van der Waals surface area contributed by atoms with E-state index in [-0.39, 0.29) is 18.2 Å². The highest BCUT2D eigenvalue weighted by Gasteiger charge is 2.24. The van der Waals surface area contributed by atoms with Crippen LogP contribution in [0.2, 0.25) is 0 Å². The number of hydrogen-bond acceptors (Lipinski definition) is 7. The molecule has 2 aromatic carbocycles. The lowest BCUT2D eigenvalue weighted by molar-refractivity contribution is -0.120. The Morgan fingerprint density at radius 1 is 1.16 bits per heavy atom. The van der Waals surface area contributed by atoms with Gasteiger partial charge in [0.05, 0.1) is 6.21 Å². The van der Waals surface area contributed by atoms with E-state index in [0.29, 0.717) is 22.6 Å². The fourth-order valence-corrected chi connectivity index (χ4v) is 2.95. The molecule has 32 heavy (non-hydrogen) atoms. The summed E-state index contributed by atoms with van der Waals surface area (Å²) in [6, 6.07) is 13.5. The molecule has 2 aromatic rings. The van der Waals surface area contributed by atoms with Crippen molar-refractivity contribution >= 4 is 47.3 Å². The van der Waals surface area contributed by atoms with Crippen LogP contribution in [0.1, 0.15) is 15.9 Å². The molecule has 1 atom stereocenters. The summed E-state index contributed by atoms with van der Waals surface area (Å²) in [5.41, 5.74) is 5.36. The Morgan fingerprint density at radius 2 is 1.94 bits per heavy atom. The number of carbonyl (C=O) groups excluding carboxylic acids is 3. The number of hydrazone groups is 2. The molecule has 4 rings (SSSR count). The number of ether oxygens (including phenoxy) is 2. The second-order valence-electron chi connectivity index (χ2n) is 6.57. The number of fused-ring (bicyclic) bond motifs is 1. The average molecular weight is 454 g/mol. The van der Waals surface area contributed by atoms with E-state index in [1.807, 2.05) is 0 Å². The number of nitrogens with one attached hydrogen (secondary N) is 3. The zero-order valence-electron chi connectivity index (χ0n) is 16.4.